The summed E-state index contributed by atoms with van der Waals surface area (Å²) in [5, 5.41) is 15.1. The Kier molecular flexibility index (Phi) is 4.43. The lowest BCUT2D eigenvalue weighted by Gasteiger charge is -2.34. The Labute approximate surface area is 149 Å². The maximum absolute atomic E-state index is 14.6. The highest BCUT2D eigenvalue weighted by Gasteiger charge is 2.31. The number of rotatable bonds is 4. The van der Waals surface area contributed by atoms with E-state index in [-0.39, 0.29) is 17.7 Å². The number of halogens is 1. The van der Waals surface area contributed by atoms with Crippen molar-refractivity contribution in [3.8, 4) is 5.88 Å². The molecule has 1 aromatic carbocycles. The Bertz CT molecular complexity index is 884. The molecular weight excluding hydrogens is 339 g/mol. The zero-order valence-electron chi connectivity index (χ0n) is 14.2. The molecule has 132 valence electrons. The van der Waals surface area contributed by atoms with Gasteiger partial charge in [0, 0.05) is 12.0 Å². The molecule has 2 aromatic heterocycles. The highest BCUT2D eigenvalue weighted by molar-refractivity contribution is 7.17. The standard InChI is InChI=1S/C18H21FN4OS/c1-2-14-20-18-23(21-14)17(24)16(25-18)15(22-10-6-3-7-11-22)12-8-4-5-9-13(12)19/h4-5,8-9,15,24H,2-3,6-7,10-11H2,1H3/t15-/m1/s1. The normalized spacial score (nSPS) is 17.2. The highest BCUT2D eigenvalue weighted by atomic mass is 32.1. The Hall–Kier alpha value is -1.99. The third-order valence-electron chi connectivity index (χ3n) is 4.76. The van der Waals surface area contributed by atoms with Gasteiger partial charge in [-0.15, -0.1) is 5.10 Å². The lowest BCUT2D eigenvalue weighted by molar-refractivity contribution is 0.184. The van der Waals surface area contributed by atoms with Crippen LogP contribution in [0.5, 0.6) is 5.88 Å². The lowest BCUT2D eigenvalue weighted by Crippen LogP contribution is -2.34. The van der Waals surface area contributed by atoms with Crippen LogP contribution in [-0.4, -0.2) is 37.7 Å². The van der Waals surface area contributed by atoms with Crippen molar-refractivity contribution in [2.75, 3.05) is 13.1 Å². The predicted octanol–water partition coefficient (Wildman–Crippen LogP) is 3.77. The van der Waals surface area contributed by atoms with E-state index in [1.807, 2.05) is 13.0 Å². The van der Waals surface area contributed by atoms with Gasteiger partial charge in [-0.05, 0) is 32.0 Å². The average Bonchev–Trinajstić information content (AvgIpc) is 3.18. The number of likely N-dealkylation sites (tertiary alicyclic amines) is 1. The quantitative estimate of drug-likeness (QED) is 0.769. The van der Waals surface area contributed by atoms with Gasteiger partial charge in [-0.2, -0.15) is 4.52 Å². The predicted molar refractivity (Wildman–Crippen MR) is 95.6 cm³/mol. The van der Waals surface area contributed by atoms with Crippen molar-refractivity contribution < 1.29 is 9.50 Å². The summed E-state index contributed by atoms with van der Waals surface area (Å²) in [4.78, 5) is 8.08. The van der Waals surface area contributed by atoms with E-state index in [0.717, 1.165) is 25.9 Å². The van der Waals surface area contributed by atoms with Gasteiger partial charge in [0.05, 0.1) is 10.9 Å². The number of benzene rings is 1. The molecule has 3 heterocycles. The summed E-state index contributed by atoms with van der Waals surface area (Å²) in [6, 6.07) is 6.53. The Morgan fingerprint density at radius 2 is 2.00 bits per heavy atom. The van der Waals surface area contributed by atoms with E-state index in [2.05, 4.69) is 15.0 Å². The van der Waals surface area contributed by atoms with Crippen LogP contribution in [-0.2, 0) is 6.42 Å². The summed E-state index contributed by atoms with van der Waals surface area (Å²) in [5.74, 6) is 0.533. The summed E-state index contributed by atoms with van der Waals surface area (Å²) >= 11 is 1.40. The van der Waals surface area contributed by atoms with Crippen LogP contribution in [0, 0.1) is 5.82 Å². The molecule has 0 aliphatic carbocycles. The number of thiazole rings is 1. The number of aromatic hydroxyl groups is 1. The Morgan fingerprint density at radius 3 is 2.68 bits per heavy atom. The van der Waals surface area contributed by atoms with E-state index in [9.17, 15) is 9.50 Å². The van der Waals surface area contributed by atoms with Crippen molar-refractivity contribution in [3.05, 3.63) is 46.3 Å². The van der Waals surface area contributed by atoms with Gasteiger partial charge in [-0.3, -0.25) is 4.90 Å². The van der Waals surface area contributed by atoms with Crippen LogP contribution in [0.4, 0.5) is 4.39 Å². The largest absolute Gasteiger partial charge is 0.492 e. The molecule has 1 saturated heterocycles. The van der Waals surface area contributed by atoms with Crippen molar-refractivity contribution in [2.45, 2.75) is 38.6 Å². The minimum Gasteiger partial charge on any atom is -0.492 e. The molecule has 0 bridgehead atoms. The Morgan fingerprint density at radius 1 is 1.24 bits per heavy atom. The molecule has 3 aromatic rings. The molecular formula is C18H21FN4OS. The smallest absolute Gasteiger partial charge is 0.230 e. The molecule has 1 fully saturated rings. The maximum Gasteiger partial charge on any atom is 0.230 e. The molecule has 0 saturated carbocycles. The molecule has 1 atom stereocenters. The van der Waals surface area contributed by atoms with E-state index in [0.29, 0.717) is 27.6 Å². The first-order valence-electron chi connectivity index (χ1n) is 8.74. The Balaban J connectivity index is 1.84. The summed E-state index contributed by atoms with van der Waals surface area (Å²) in [7, 11) is 0. The number of piperidine rings is 1. The van der Waals surface area contributed by atoms with Gasteiger partial charge in [-0.25, -0.2) is 9.37 Å². The van der Waals surface area contributed by atoms with Crippen LogP contribution < -0.4 is 0 Å². The van der Waals surface area contributed by atoms with Crippen molar-refractivity contribution >= 4 is 16.3 Å². The van der Waals surface area contributed by atoms with Crippen LogP contribution in [0.15, 0.2) is 24.3 Å². The van der Waals surface area contributed by atoms with Gasteiger partial charge in [-0.1, -0.05) is 42.9 Å². The van der Waals surface area contributed by atoms with Crippen molar-refractivity contribution in [1.82, 2.24) is 19.5 Å². The van der Waals surface area contributed by atoms with Crippen LogP contribution in [0.1, 0.15) is 48.5 Å². The average molecular weight is 360 g/mol. The molecule has 5 nitrogen and oxygen atoms in total. The first-order chi connectivity index (χ1) is 12.2. The van der Waals surface area contributed by atoms with Crippen LogP contribution in [0.3, 0.4) is 0 Å². The van der Waals surface area contributed by atoms with E-state index >= 15 is 0 Å². The molecule has 1 aliphatic heterocycles. The molecule has 0 spiro atoms. The zero-order chi connectivity index (χ0) is 17.4. The number of aromatic nitrogens is 3. The van der Waals surface area contributed by atoms with Gasteiger partial charge in [0.2, 0.25) is 10.8 Å². The zero-order valence-corrected chi connectivity index (χ0v) is 15.0. The molecule has 4 rings (SSSR count). The number of nitrogens with zero attached hydrogens (tertiary/aromatic N) is 4. The number of aryl methyl sites for hydroxylation is 1. The first-order valence-corrected chi connectivity index (χ1v) is 9.56. The monoisotopic (exact) mass is 360 g/mol. The summed E-state index contributed by atoms with van der Waals surface area (Å²) in [5.41, 5.74) is 0.597. The number of fused-ring (bicyclic) bond motifs is 1. The molecule has 7 heteroatoms. The number of hydrogen-bond donors (Lipinski definition) is 1. The van der Waals surface area contributed by atoms with E-state index in [1.165, 1.54) is 28.3 Å². The fourth-order valence-electron chi connectivity index (χ4n) is 3.50. The topological polar surface area (TPSA) is 53.7 Å². The third-order valence-corrected chi connectivity index (χ3v) is 5.84. The van der Waals surface area contributed by atoms with Crippen molar-refractivity contribution in [3.63, 3.8) is 0 Å². The molecule has 0 amide bonds. The lowest BCUT2D eigenvalue weighted by atomic mass is 10.00. The fourth-order valence-corrected chi connectivity index (χ4v) is 4.62. The van der Waals surface area contributed by atoms with Gasteiger partial charge >= 0.3 is 0 Å². The minimum absolute atomic E-state index is 0.0750. The molecule has 1 aliphatic rings. The van der Waals surface area contributed by atoms with Crippen LogP contribution in [0.2, 0.25) is 0 Å². The highest BCUT2D eigenvalue weighted by Crippen LogP contribution is 2.41. The maximum atomic E-state index is 14.6. The number of hydrogen-bond acceptors (Lipinski definition) is 5. The summed E-state index contributed by atoms with van der Waals surface area (Å²) < 4.78 is 16.1. The molecule has 0 radical (unpaired) electrons. The SMILES string of the molecule is CCc1nc2sc([C@@H](c3ccccc3F)N3CCCCC3)c(O)n2n1. The third kappa shape index (κ3) is 2.91. The van der Waals surface area contributed by atoms with Gasteiger partial charge in [0.1, 0.15) is 5.82 Å². The van der Waals surface area contributed by atoms with E-state index < -0.39 is 0 Å². The second-order valence-corrected chi connectivity index (χ2v) is 7.40. The second-order valence-electron chi connectivity index (χ2n) is 6.39. The van der Waals surface area contributed by atoms with Crippen molar-refractivity contribution in [2.24, 2.45) is 0 Å². The molecule has 25 heavy (non-hydrogen) atoms. The molecule has 0 unspecified atom stereocenters. The first kappa shape index (κ1) is 16.5. The fraction of sp³-hybridized carbons (Fsp3) is 0.444. The van der Waals surface area contributed by atoms with E-state index in [1.54, 1.807) is 12.1 Å². The van der Waals surface area contributed by atoms with Gasteiger partial charge < -0.3 is 5.11 Å². The van der Waals surface area contributed by atoms with E-state index in [4.69, 9.17) is 0 Å². The minimum atomic E-state index is -0.305. The van der Waals surface area contributed by atoms with Crippen LogP contribution >= 0.6 is 11.3 Å². The van der Waals surface area contributed by atoms with Gasteiger partial charge in [0.25, 0.3) is 0 Å². The van der Waals surface area contributed by atoms with Gasteiger partial charge in [0.15, 0.2) is 5.82 Å². The summed E-state index contributed by atoms with van der Waals surface area (Å²) in [6.45, 7) is 3.77. The molecule has 1 N–H and O–H groups in total. The van der Waals surface area contributed by atoms with Crippen molar-refractivity contribution in [1.29, 1.82) is 0 Å². The van der Waals surface area contributed by atoms with Crippen LogP contribution in [0.25, 0.3) is 4.96 Å². The second kappa shape index (κ2) is 6.72. The summed E-state index contributed by atoms with van der Waals surface area (Å²) in [6.07, 6.45) is 4.09.